The van der Waals surface area contributed by atoms with Crippen molar-refractivity contribution in [3.63, 3.8) is 0 Å². The number of ether oxygens (including phenoxy) is 2. The highest BCUT2D eigenvalue weighted by Gasteiger charge is 2.69. The number of nitrogens with one attached hydrogen (secondary N) is 2. The van der Waals surface area contributed by atoms with Crippen LogP contribution < -0.4 is 10.6 Å². The lowest BCUT2D eigenvalue weighted by molar-refractivity contribution is -0.185. The molecule has 0 radical (unpaired) electrons. The van der Waals surface area contributed by atoms with Crippen molar-refractivity contribution in [1.82, 2.24) is 10.6 Å². The average molecular weight is 857 g/mol. The summed E-state index contributed by atoms with van der Waals surface area (Å²) in [6, 6.07) is 0. The molecule has 2 saturated heterocycles. The fourth-order valence-corrected chi connectivity index (χ4v) is 15.1. The molecule has 62 heavy (non-hydrogen) atoms. The van der Waals surface area contributed by atoms with Crippen LogP contribution in [0.4, 0.5) is 0 Å². The summed E-state index contributed by atoms with van der Waals surface area (Å²) in [6.45, 7) is 11.2. The molecular weight excluding hydrogens is 793 g/mol. The van der Waals surface area contributed by atoms with E-state index in [0.717, 1.165) is 76.4 Å². The number of hydrogen-bond acceptors (Lipinski definition) is 14. The van der Waals surface area contributed by atoms with E-state index >= 15 is 0 Å². The van der Waals surface area contributed by atoms with E-state index in [2.05, 4.69) is 34.8 Å². The molecule has 14 nitrogen and oxygen atoms in total. The molecule has 0 aromatic heterocycles. The number of Topliss-reactive ketones (excluding diaryl/α,β-unsaturated/α-hetero) is 4. The Labute approximate surface area is 363 Å². The molecule has 8 aliphatic carbocycles. The van der Waals surface area contributed by atoms with Gasteiger partial charge in [-0.05, 0) is 85.9 Å². The van der Waals surface area contributed by atoms with E-state index < -0.39 is 70.2 Å². The fraction of sp³-hybridized carbons (Fsp3) is 0.792. The van der Waals surface area contributed by atoms with Gasteiger partial charge in [0.2, 0.25) is 23.1 Å². The predicted molar refractivity (Wildman–Crippen MR) is 224 cm³/mol. The van der Waals surface area contributed by atoms with Gasteiger partial charge in [0.05, 0.1) is 11.4 Å². The lowest BCUT2D eigenvalue weighted by atomic mass is 9.44. The molecule has 2 aliphatic heterocycles. The van der Waals surface area contributed by atoms with Crippen LogP contribution in [0.5, 0.6) is 0 Å². The monoisotopic (exact) mass is 856 g/mol. The van der Waals surface area contributed by atoms with E-state index in [1.165, 1.54) is 0 Å². The van der Waals surface area contributed by atoms with Crippen molar-refractivity contribution in [2.75, 3.05) is 26.2 Å². The highest BCUT2D eigenvalue weighted by molar-refractivity contribution is 6.41. The fourth-order valence-electron chi connectivity index (χ4n) is 15.1. The van der Waals surface area contributed by atoms with Gasteiger partial charge >= 0.3 is 11.9 Å². The Bertz CT molecular complexity index is 1890. The third-order valence-corrected chi connectivity index (χ3v) is 19.1. The van der Waals surface area contributed by atoms with Crippen LogP contribution in [-0.2, 0) is 47.9 Å². The first-order valence-electron chi connectivity index (χ1n) is 23.7. The molecule has 0 amide bonds. The second kappa shape index (κ2) is 15.4. The zero-order valence-corrected chi connectivity index (χ0v) is 36.8. The van der Waals surface area contributed by atoms with Crippen LogP contribution in [0.1, 0.15) is 118 Å². The number of esters is 2. The van der Waals surface area contributed by atoms with Gasteiger partial charge in [0.15, 0.2) is 12.2 Å². The molecule has 0 bridgehead atoms. The lowest BCUT2D eigenvalue weighted by Crippen LogP contribution is -2.65. The Balaban J connectivity index is 0.904. The van der Waals surface area contributed by atoms with Crippen LogP contribution in [0.2, 0.25) is 0 Å². The van der Waals surface area contributed by atoms with Crippen molar-refractivity contribution in [2.24, 2.45) is 79.3 Å². The van der Waals surface area contributed by atoms with E-state index in [1.54, 1.807) is 0 Å². The second-order valence-corrected chi connectivity index (χ2v) is 22.0. The summed E-state index contributed by atoms with van der Waals surface area (Å²) >= 11 is 0. The van der Waals surface area contributed by atoms with Crippen molar-refractivity contribution >= 4 is 46.5 Å². The van der Waals surface area contributed by atoms with Crippen molar-refractivity contribution in [3.8, 4) is 0 Å². The summed E-state index contributed by atoms with van der Waals surface area (Å²) in [6.07, 6.45) is 10.9. The van der Waals surface area contributed by atoms with E-state index in [4.69, 9.17) is 19.1 Å². The predicted octanol–water partition coefficient (Wildman–Crippen LogP) is 4.86. The molecular formula is C48H64N4O10. The van der Waals surface area contributed by atoms with Gasteiger partial charge in [0, 0.05) is 98.5 Å². The van der Waals surface area contributed by atoms with Crippen molar-refractivity contribution in [2.45, 2.75) is 142 Å². The smallest absolute Gasteiger partial charge is 0.331 e. The number of carbonyl (C=O) groups excluding carboxylic acids is 6. The first kappa shape index (κ1) is 42.2. The van der Waals surface area contributed by atoms with Gasteiger partial charge in [0.1, 0.15) is 12.2 Å². The minimum atomic E-state index is -0.823. The van der Waals surface area contributed by atoms with Gasteiger partial charge in [0.25, 0.3) is 0 Å². The molecule has 0 aromatic rings. The topological polar surface area (TPSA) is 188 Å². The Hall–Kier alpha value is -3.78. The van der Waals surface area contributed by atoms with Crippen LogP contribution in [0.3, 0.4) is 0 Å². The van der Waals surface area contributed by atoms with Crippen LogP contribution >= 0.6 is 0 Å². The normalized spacial score (nSPS) is 46.5. The van der Waals surface area contributed by atoms with Gasteiger partial charge in [-0.2, -0.15) is 0 Å². The summed E-state index contributed by atoms with van der Waals surface area (Å²) in [5.74, 6) is -5.19. The quantitative estimate of drug-likeness (QED) is 0.146. The summed E-state index contributed by atoms with van der Waals surface area (Å²) in [4.78, 5) is 96.0. The summed E-state index contributed by atoms with van der Waals surface area (Å²) in [7, 11) is 0. The molecule has 10 rings (SSSR count). The first-order valence-corrected chi connectivity index (χ1v) is 23.7. The summed E-state index contributed by atoms with van der Waals surface area (Å²) < 4.78 is 12.6. The van der Waals surface area contributed by atoms with E-state index in [1.807, 2.05) is 13.8 Å². The van der Waals surface area contributed by atoms with Crippen LogP contribution in [0.25, 0.3) is 0 Å². The van der Waals surface area contributed by atoms with Crippen molar-refractivity contribution < 1.29 is 47.9 Å². The largest absolute Gasteiger partial charge is 0.458 e. The number of oxime groups is 2. The van der Waals surface area contributed by atoms with Crippen molar-refractivity contribution in [3.05, 3.63) is 12.2 Å². The molecule has 8 saturated carbocycles. The Morgan fingerprint density at radius 3 is 1.32 bits per heavy atom. The molecule has 14 heteroatoms. The summed E-state index contributed by atoms with van der Waals surface area (Å²) in [5.41, 5.74) is -0.458. The second-order valence-electron chi connectivity index (χ2n) is 22.0. The molecule has 10 fully saturated rings. The highest BCUT2D eigenvalue weighted by atomic mass is 16.6. The standard InChI is InChI=1S/C48H64N4O10/c1-45-13-5-7-29(45)39-31(11-15-45)47(3)33(41(55)43(39)57)17-25(51-61-27-21-49-22-27)19-35(47)59-37(53)9-10-38(54)60-36-20-26(52-62-28-23-50-24-28)18-34-42(56)44(58)40-30-8-6-14-46(30,2)16-12-32(40)48(34,36)4/h9-10,27-36,39-40,49-50H,5-8,11-24H2,1-4H3/b10-9+,51-25?,52-26?/t29-,30-,31+,32+,33?,34?,35?,36?,39-,40-,45-,46-,47+,48+/m0/s1. The zero-order chi connectivity index (χ0) is 43.3. The lowest BCUT2D eigenvalue weighted by Gasteiger charge is -2.59. The zero-order valence-electron chi connectivity index (χ0n) is 36.8. The molecule has 10 aliphatic rings. The molecule has 4 unspecified atom stereocenters. The highest BCUT2D eigenvalue weighted by Crippen LogP contribution is 2.66. The SMILES string of the molecule is C[C@@]12CCC[C@H]1[C@@H]1C(=O)C(=O)C3CC(=NOC4CNC4)CC(OC(=O)/C=C/C(=O)OC4CC(=NOC5CNC5)CC5C(=O)C(=O)[C@@H]6[C@@H](CC[C@]7(C)CCC[C@@H]67)[C@@]45C)[C@]3(C)[C@@H]1CC2. The van der Waals surface area contributed by atoms with Gasteiger partial charge in [-0.1, -0.05) is 50.8 Å². The minimum absolute atomic E-state index is 0.0140. The number of fused-ring (bicyclic) bond motifs is 10. The van der Waals surface area contributed by atoms with Crippen LogP contribution in [-0.4, -0.2) is 97.1 Å². The van der Waals surface area contributed by atoms with Gasteiger partial charge in [-0.25, -0.2) is 9.59 Å². The molecule has 14 atom stereocenters. The van der Waals surface area contributed by atoms with Crippen molar-refractivity contribution in [1.29, 1.82) is 0 Å². The molecule has 0 spiro atoms. The molecule has 0 aromatic carbocycles. The molecule has 2 N–H and O–H groups in total. The average Bonchev–Trinajstić information content (AvgIpc) is 3.80. The number of ketones is 4. The molecule has 336 valence electrons. The van der Waals surface area contributed by atoms with E-state index in [-0.39, 0.29) is 84.0 Å². The van der Waals surface area contributed by atoms with Gasteiger partial charge < -0.3 is 29.8 Å². The maximum Gasteiger partial charge on any atom is 0.331 e. The minimum Gasteiger partial charge on any atom is -0.458 e. The maximum atomic E-state index is 14.2. The summed E-state index contributed by atoms with van der Waals surface area (Å²) in [5, 5.41) is 15.2. The Kier molecular flexibility index (Phi) is 10.5. The van der Waals surface area contributed by atoms with Crippen LogP contribution in [0.15, 0.2) is 22.5 Å². The number of hydrogen-bond donors (Lipinski definition) is 2. The third-order valence-electron chi connectivity index (χ3n) is 19.1. The van der Waals surface area contributed by atoms with Gasteiger partial charge in [-0.15, -0.1) is 0 Å². The maximum absolute atomic E-state index is 14.2. The first-order chi connectivity index (χ1) is 29.6. The number of nitrogens with zero attached hydrogens (tertiary/aromatic N) is 2. The van der Waals surface area contributed by atoms with Crippen LogP contribution in [0, 0.1) is 69.0 Å². The van der Waals surface area contributed by atoms with Gasteiger partial charge in [-0.3, -0.25) is 19.2 Å². The molecule has 2 heterocycles. The third kappa shape index (κ3) is 6.60. The number of rotatable bonds is 8. The Morgan fingerprint density at radius 2 is 0.952 bits per heavy atom. The Morgan fingerprint density at radius 1 is 0.548 bits per heavy atom. The van der Waals surface area contributed by atoms with E-state index in [0.29, 0.717) is 37.6 Å². The number of carbonyl (C=O) groups is 6. The van der Waals surface area contributed by atoms with E-state index in [9.17, 15) is 28.8 Å².